The lowest BCUT2D eigenvalue weighted by atomic mass is 9.76. The van der Waals surface area contributed by atoms with Crippen LogP contribution in [0.25, 0.3) is 0 Å². The van der Waals surface area contributed by atoms with Gasteiger partial charge in [-0.1, -0.05) is 12.2 Å². The molecule has 3 aliphatic rings. The highest BCUT2D eigenvalue weighted by atomic mass is 16.6. The molecule has 1 aliphatic carbocycles. The number of piperidine rings is 1. The Morgan fingerprint density at radius 3 is 2.75 bits per heavy atom. The molecule has 0 saturated carbocycles. The van der Waals surface area contributed by atoms with Gasteiger partial charge in [0, 0.05) is 12.5 Å². The van der Waals surface area contributed by atoms with Crippen molar-refractivity contribution in [1.29, 1.82) is 0 Å². The fourth-order valence-electron chi connectivity index (χ4n) is 2.59. The van der Waals surface area contributed by atoms with Crippen LogP contribution in [0.2, 0.25) is 0 Å². The van der Waals surface area contributed by atoms with E-state index in [0.717, 1.165) is 6.42 Å². The van der Waals surface area contributed by atoms with E-state index < -0.39 is 0 Å². The summed E-state index contributed by atoms with van der Waals surface area (Å²) in [7, 11) is 0. The second-order valence-corrected chi connectivity index (χ2v) is 4.44. The molecule has 0 spiro atoms. The molecular formula is C12H17NO3. The van der Waals surface area contributed by atoms with Crippen molar-refractivity contribution in [2.24, 2.45) is 11.8 Å². The molecule has 3 unspecified atom stereocenters. The third-order valence-corrected chi connectivity index (χ3v) is 3.36. The van der Waals surface area contributed by atoms with Crippen molar-refractivity contribution in [3.8, 4) is 0 Å². The van der Waals surface area contributed by atoms with E-state index in [1.165, 1.54) is 0 Å². The number of rotatable bonds is 2. The van der Waals surface area contributed by atoms with Crippen LogP contribution in [-0.4, -0.2) is 36.0 Å². The molecule has 4 heteroatoms. The fourth-order valence-corrected chi connectivity index (χ4v) is 2.59. The molecule has 4 nitrogen and oxygen atoms in total. The minimum Gasteiger partial charge on any atom is -0.450 e. The molecule has 3 rings (SSSR count). The standard InChI is InChI=1S/C12H17NO3/c1-3-16-12(15)13-7-9-4-5-11(13)10(6-9)8(2)14/h4-5,9-11H,3,6-7H2,1-2H3. The van der Waals surface area contributed by atoms with E-state index in [2.05, 4.69) is 6.08 Å². The van der Waals surface area contributed by atoms with Crippen LogP contribution >= 0.6 is 0 Å². The SMILES string of the molecule is CCOC(=O)N1CC2C=CC1C(C(C)=O)C2. The highest BCUT2D eigenvalue weighted by Crippen LogP contribution is 2.35. The topological polar surface area (TPSA) is 46.6 Å². The highest BCUT2D eigenvalue weighted by molar-refractivity contribution is 5.81. The summed E-state index contributed by atoms with van der Waals surface area (Å²) in [6, 6.07) is -0.0958. The third kappa shape index (κ3) is 1.84. The Hall–Kier alpha value is -1.32. The fraction of sp³-hybridized carbons (Fsp3) is 0.667. The lowest BCUT2D eigenvalue weighted by Crippen LogP contribution is -2.54. The highest BCUT2D eigenvalue weighted by Gasteiger charge is 2.42. The van der Waals surface area contributed by atoms with Crippen molar-refractivity contribution in [2.45, 2.75) is 26.3 Å². The summed E-state index contributed by atoms with van der Waals surface area (Å²) in [5, 5.41) is 0. The van der Waals surface area contributed by atoms with Crippen molar-refractivity contribution in [1.82, 2.24) is 4.90 Å². The van der Waals surface area contributed by atoms with Crippen LogP contribution in [0.5, 0.6) is 0 Å². The van der Waals surface area contributed by atoms with Gasteiger partial charge in [-0.3, -0.25) is 4.79 Å². The molecule has 1 saturated heterocycles. The first-order valence-corrected chi connectivity index (χ1v) is 5.75. The van der Waals surface area contributed by atoms with Gasteiger partial charge in [-0.05, 0) is 26.2 Å². The minimum atomic E-state index is -0.298. The first-order valence-electron chi connectivity index (χ1n) is 5.75. The lowest BCUT2D eigenvalue weighted by molar-refractivity contribution is -0.124. The Morgan fingerprint density at radius 2 is 2.19 bits per heavy atom. The predicted molar refractivity (Wildman–Crippen MR) is 58.9 cm³/mol. The zero-order valence-electron chi connectivity index (χ0n) is 9.68. The number of nitrogens with zero attached hydrogens (tertiary/aromatic N) is 1. The second-order valence-electron chi connectivity index (χ2n) is 4.44. The Morgan fingerprint density at radius 1 is 1.44 bits per heavy atom. The van der Waals surface area contributed by atoms with Crippen LogP contribution in [0.3, 0.4) is 0 Å². The summed E-state index contributed by atoms with van der Waals surface area (Å²) in [6.07, 6.45) is 4.65. The molecule has 0 aromatic rings. The maximum absolute atomic E-state index is 11.7. The van der Waals surface area contributed by atoms with Gasteiger partial charge in [0.25, 0.3) is 0 Å². The van der Waals surface area contributed by atoms with Crippen molar-refractivity contribution >= 4 is 11.9 Å². The summed E-state index contributed by atoms with van der Waals surface area (Å²) < 4.78 is 5.00. The summed E-state index contributed by atoms with van der Waals surface area (Å²) in [5.74, 6) is 0.421. The third-order valence-electron chi connectivity index (χ3n) is 3.36. The molecule has 2 bridgehead atoms. The van der Waals surface area contributed by atoms with Gasteiger partial charge in [0.05, 0.1) is 12.6 Å². The van der Waals surface area contributed by atoms with E-state index in [4.69, 9.17) is 4.74 Å². The van der Waals surface area contributed by atoms with Gasteiger partial charge >= 0.3 is 6.09 Å². The van der Waals surface area contributed by atoms with E-state index in [-0.39, 0.29) is 23.8 Å². The van der Waals surface area contributed by atoms with Crippen molar-refractivity contribution in [3.05, 3.63) is 12.2 Å². The van der Waals surface area contributed by atoms with Gasteiger partial charge in [-0.25, -0.2) is 4.79 Å². The molecule has 1 fully saturated rings. The number of carbonyl (C=O) groups is 2. The lowest BCUT2D eigenvalue weighted by Gasteiger charge is -2.44. The van der Waals surface area contributed by atoms with Gasteiger partial charge in [-0.15, -0.1) is 0 Å². The molecule has 3 atom stereocenters. The first kappa shape index (κ1) is 11.2. The molecule has 0 radical (unpaired) electrons. The average molecular weight is 223 g/mol. The Bertz CT molecular complexity index is 337. The number of carbonyl (C=O) groups excluding carboxylic acids is 2. The zero-order valence-corrected chi connectivity index (χ0v) is 9.68. The monoisotopic (exact) mass is 223 g/mol. The molecule has 0 aromatic carbocycles. The summed E-state index contributed by atoms with van der Waals surface area (Å²) >= 11 is 0. The quantitative estimate of drug-likeness (QED) is 0.668. The molecule has 0 aromatic heterocycles. The number of amides is 1. The molecule has 16 heavy (non-hydrogen) atoms. The molecule has 88 valence electrons. The Kier molecular flexibility index (Phi) is 2.99. The van der Waals surface area contributed by atoms with E-state index in [1.807, 2.05) is 6.08 Å². The first-order chi connectivity index (χ1) is 7.63. The number of hydrogen-bond acceptors (Lipinski definition) is 3. The Balaban J connectivity index is 2.15. The Labute approximate surface area is 95.2 Å². The summed E-state index contributed by atoms with van der Waals surface area (Å²) in [5.41, 5.74) is 0. The maximum atomic E-state index is 11.7. The van der Waals surface area contributed by atoms with Gasteiger partial charge in [0.15, 0.2) is 0 Å². The van der Waals surface area contributed by atoms with Crippen LogP contribution in [-0.2, 0) is 9.53 Å². The van der Waals surface area contributed by atoms with Gasteiger partial charge < -0.3 is 9.64 Å². The molecule has 1 amide bonds. The summed E-state index contributed by atoms with van der Waals surface area (Å²) in [6.45, 7) is 4.45. The van der Waals surface area contributed by atoms with Gasteiger partial charge in [-0.2, -0.15) is 0 Å². The minimum absolute atomic E-state index is 0.0480. The van der Waals surface area contributed by atoms with Crippen LogP contribution in [0.15, 0.2) is 12.2 Å². The maximum Gasteiger partial charge on any atom is 0.410 e. The number of Topliss-reactive ketones (excluding diaryl/α,β-unsaturated/α-hetero) is 1. The van der Waals surface area contributed by atoms with Crippen molar-refractivity contribution in [3.63, 3.8) is 0 Å². The number of ketones is 1. The van der Waals surface area contributed by atoms with E-state index >= 15 is 0 Å². The molecule has 2 aliphatic heterocycles. The largest absolute Gasteiger partial charge is 0.450 e. The van der Waals surface area contributed by atoms with E-state index in [9.17, 15) is 9.59 Å². The molecule has 2 heterocycles. The van der Waals surface area contributed by atoms with Crippen LogP contribution in [0.1, 0.15) is 20.3 Å². The average Bonchev–Trinajstić information content (AvgIpc) is 2.29. The predicted octanol–water partition coefficient (Wildman–Crippen LogP) is 1.61. The smallest absolute Gasteiger partial charge is 0.410 e. The number of ether oxygens (including phenoxy) is 1. The zero-order chi connectivity index (χ0) is 11.7. The summed E-state index contributed by atoms with van der Waals surface area (Å²) in [4.78, 5) is 24.9. The van der Waals surface area contributed by atoms with Crippen LogP contribution < -0.4 is 0 Å². The van der Waals surface area contributed by atoms with Gasteiger partial charge in [0.2, 0.25) is 0 Å². The molecule has 0 N–H and O–H groups in total. The second kappa shape index (κ2) is 4.28. The van der Waals surface area contributed by atoms with Crippen molar-refractivity contribution < 1.29 is 14.3 Å². The van der Waals surface area contributed by atoms with Gasteiger partial charge in [0.1, 0.15) is 5.78 Å². The van der Waals surface area contributed by atoms with E-state index in [1.54, 1.807) is 18.7 Å². The number of fused-ring (bicyclic) bond motifs is 2. The number of hydrogen-bond donors (Lipinski definition) is 0. The van der Waals surface area contributed by atoms with Crippen molar-refractivity contribution in [2.75, 3.05) is 13.2 Å². The molecular weight excluding hydrogens is 206 g/mol. The van der Waals surface area contributed by atoms with Crippen LogP contribution in [0.4, 0.5) is 4.79 Å². The normalized spacial score (nSPS) is 31.6. The van der Waals surface area contributed by atoms with E-state index in [0.29, 0.717) is 19.1 Å². The van der Waals surface area contributed by atoms with Crippen LogP contribution in [0, 0.1) is 11.8 Å².